The van der Waals surface area contributed by atoms with Crippen LogP contribution in [0, 0.1) is 0 Å². The van der Waals surface area contributed by atoms with E-state index in [1.807, 2.05) is 69.3 Å². The quantitative estimate of drug-likeness (QED) is 0.349. The molecule has 0 saturated heterocycles. The van der Waals surface area contributed by atoms with E-state index in [1.54, 1.807) is 0 Å². The van der Waals surface area contributed by atoms with Crippen LogP contribution < -0.4 is 10.1 Å². The molecule has 0 bridgehead atoms. The lowest BCUT2D eigenvalue weighted by Gasteiger charge is -2.40. The fourth-order valence-electron chi connectivity index (χ4n) is 4.47. The number of nitrogens with one attached hydrogen (secondary N) is 1. The van der Waals surface area contributed by atoms with Crippen molar-refractivity contribution in [2.45, 2.75) is 49.8 Å². The fourth-order valence-corrected chi connectivity index (χ4v) is 6.04. The standard InChI is InChI=1S/C27H27Cl3N2O3S/c1-16(2)35-23-15-22(30)24(36(5,33)34)14-21(23)25-31-26(3,17-6-10-19(28)11-7-17)27(4,32-25)18-8-12-20(29)13-9-18/h6-16H,1-5H3,(H,31,32)/t26-,27+. The number of nitrogens with zero attached hydrogens (tertiary/aromatic N) is 1. The Kier molecular flexibility index (Phi) is 7.12. The highest BCUT2D eigenvalue weighted by molar-refractivity contribution is 7.90. The summed E-state index contributed by atoms with van der Waals surface area (Å²) < 4.78 is 31.1. The van der Waals surface area contributed by atoms with Crippen molar-refractivity contribution >= 4 is 50.5 Å². The smallest absolute Gasteiger partial charge is 0.177 e. The maximum absolute atomic E-state index is 12.5. The van der Waals surface area contributed by atoms with Crippen LogP contribution in [0.3, 0.4) is 0 Å². The number of rotatable bonds is 6. The van der Waals surface area contributed by atoms with Gasteiger partial charge in [-0.05, 0) is 69.2 Å². The minimum atomic E-state index is -3.60. The maximum atomic E-state index is 12.5. The molecule has 0 spiro atoms. The second-order valence-electron chi connectivity index (χ2n) is 9.51. The topological polar surface area (TPSA) is 67.8 Å². The van der Waals surface area contributed by atoms with Crippen molar-refractivity contribution in [3.8, 4) is 5.75 Å². The Labute approximate surface area is 227 Å². The van der Waals surface area contributed by atoms with Crippen LogP contribution in [0.2, 0.25) is 15.1 Å². The van der Waals surface area contributed by atoms with E-state index in [4.69, 9.17) is 44.5 Å². The molecule has 0 saturated carbocycles. The van der Waals surface area contributed by atoms with Crippen molar-refractivity contribution in [2.24, 2.45) is 4.99 Å². The van der Waals surface area contributed by atoms with Crippen molar-refractivity contribution in [3.05, 3.63) is 92.4 Å². The predicted octanol–water partition coefficient (Wildman–Crippen LogP) is 7.02. The Morgan fingerprint density at radius 3 is 1.92 bits per heavy atom. The zero-order valence-electron chi connectivity index (χ0n) is 20.6. The van der Waals surface area contributed by atoms with Gasteiger partial charge in [-0.15, -0.1) is 0 Å². The van der Waals surface area contributed by atoms with Crippen molar-refractivity contribution in [2.75, 3.05) is 6.26 Å². The Morgan fingerprint density at radius 2 is 1.42 bits per heavy atom. The molecule has 1 aliphatic heterocycles. The van der Waals surface area contributed by atoms with Gasteiger partial charge in [0, 0.05) is 22.4 Å². The lowest BCUT2D eigenvalue weighted by molar-refractivity contribution is 0.241. The highest BCUT2D eigenvalue weighted by atomic mass is 35.5. The largest absolute Gasteiger partial charge is 0.490 e. The molecule has 2 atom stereocenters. The maximum Gasteiger partial charge on any atom is 0.177 e. The summed E-state index contributed by atoms with van der Waals surface area (Å²) in [6.07, 6.45) is 0.955. The first-order chi connectivity index (χ1) is 16.7. The van der Waals surface area contributed by atoms with Crippen molar-refractivity contribution in [1.82, 2.24) is 5.32 Å². The SMILES string of the molecule is CC(C)Oc1cc(Cl)c(S(C)(=O)=O)cc1C1=N[C@](C)(c2ccc(Cl)cc2)[C@](C)(c2ccc(Cl)cc2)N1. The Morgan fingerprint density at radius 1 is 0.889 bits per heavy atom. The predicted molar refractivity (Wildman–Crippen MR) is 148 cm³/mol. The van der Waals surface area contributed by atoms with Gasteiger partial charge in [-0.3, -0.25) is 4.99 Å². The summed E-state index contributed by atoms with van der Waals surface area (Å²) in [5.74, 6) is 0.926. The van der Waals surface area contributed by atoms with Gasteiger partial charge >= 0.3 is 0 Å². The van der Waals surface area contributed by atoms with Gasteiger partial charge in [0.2, 0.25) is 0 Å². The number of hydrogen-bond acceptors (Lipinski definition) is 5. The average Bonchev–Trinajstić information content (AvgIpc) is 3.05. The number of hydrogen-bond donors (Lipinski definition) is 1. The van der Waals surface area contributed by atoms with Crippen molar-refractivity contribution in [1.29, 1.82) is 0 Å². The van der Waals surface area contributed by atoms with E-state index in [0.717, 1.165) is 17.4 Å². The summed E-state index contributed by atoms with van der Waals surface area (Å²) in [5.41, 5.74) is 0.843. The van der Waals surface area contributed by atoms with Crippen LogP contribution in [0.5, 0.6) is 5.75 Å². The third-order valence-electron chi connectivity index (χ3n) is 6.56. The van der Waals surface area contributed by atoms with Crippen molar-refractivity contribution in [3.63, 3.8) is 0 Å². The zero-order valence-corrected chi connectivity index (χ0v) is 23.6. The molecular weight excluding hydrogens is 539 g/mol. The summed E-state index contributed by atoms with van der Waals surface area (Å²) in [4.78, 5) is 5.18. The number of benzene rings is 3. The number of aliphatic imine (C=N–C) groups is 1. The van der Waals surface area contributed by atoms with Crippen LogP contribution in [-0.2, 0) is 20.9 Å². The molecule has 0 aliphatic carbocycles. The molecule has 1 aliphatic rings. The summed E-state index contributed by atoms with van der Waals surface area (Å²) in [6, 6.07) is 18.2. The molecule has 0 unspecified atom stereocenters. The van der Waals surface area contributed by atoms with Gasteiger partial charge in [0.15, 0.2) is 9.84 Å². The molecule has 190 valence electrons. The Bertz CT molecular complexity index is 1440. The van der Waals surface area contributed by atoms with Gasteiger partial charge in [0.25, 0.3) is 0 Å². The van der Waals surface area contributed by atoms with E-state index in [1.165, 1.54) is 12.1 Å². The van der Waals surface area contributed by atoms with Gasteiger partial charge in [-0.2, -0.15) is 0 Å². The number of halogens is 3. The number of sulfone groups is 1. The van der Waals surface area contributed by atoms with Gasteiger partial charge in [0.1, 0.15) is 17.1 Å². The van der Waals surface area contributed by atoms with E-state index in [2.05, 4.69) is 12.2 Å². The first kappa shape index (κ1) is 26.8. The summed E-state index contributed by atoms with van der Waals surface area (Å²) in [5, 5.41) is 4.93. The van der Waals surface area contributed by atoms with E-state index in [0.29, 0.717) is 27.2 Å². The average molecular weight is 566 g/mol. The van der Waals surface area contributed by atoms with Gasteiger partial charge in [0.05, 0.1) is 27.1 Å². The molecular formula is C27H27Cl3N2O3S. The van der Waals surface area contributed by atoms with Crippen LogP contribution in [0.1, 0.15) is 44.4 Å². The Hall–Kier alpha value is -2.25. The molecule has 0 fully saturated rings. The molecule has 0 aromatic heterocycles. The molecule has 3 aromatic rings. The minimum absolute atomic E-state index is 0.00747. The van der Waals surface area contributed by atoms with Gasteiger partial charge in [-0.1, -0.05) is 59.1 Å². The highest BCUT2D eigenvalue weighted by Gasteiger charge is 2.52. The monoisotopic (exact) mass is 564 g/mol. The zero-order chi connectivity index (χ0) is 26.5. The number of amidine groups is 1. The van der Waals surface area contributed by atoms with E-state index >= 15 is 0 Å². The van der Waals surface area contributed by atoms with Crippen LogP contribution in [0.15, 0.2) is 70.6 Å². The van der Waals surface area contributed by atoms with Gasteiger partial charge < -0.3 is 10.1 Å². The number of ether oxygens (including phenoxy) is 1. The molecule has 3 aromatic carbocycles. The first-order valence-corrected chi connectivity index (χ1v) is 14.4. The molecule has 9 heteroatoms. The van der Waals surface area contributed by atoms with E-state index in [9.17, 15) is 8.42 Å². The second kappa shape index (κ2) is 9.56. The fraction of sp³-hybridized carbons (Fsp3) is 0.296. The minimum Gasteiger partial charge on any atom is -0.490 e. The second-order valence-corrected chi connectivity index (χ2v) is 12.8. The highest BCUT2D eigenvalue weighted by Crippen LogP contribution is 2.48. The van der Waals surface area contributed by atoms with Crippen LogP contribution in [0.25, 0.3) is 0 Å². The molecule has 0 amide bonds. The molecule has 0 radical (unpaired) electrons. The lowest BCUT2D eigenvalue weighted by atomic mass is 9.72. The third kappa shape index (κ3) is 4.84. The van der Waals surface area contributed by atoms with Crippen LogP contribution in [0.4, 0.5) is 0 Å². The van der Waals surface area contributed by atoms with E-state index < -0.39 is 20.9 Å². The van der Waals surface area contributed by atoms with Gasteiger partial charge in [-0.25, -0.2) is 8.42 Å². The molecule has 4 rings (SSSR count). The summed E-state index contributed by atoms with van der Waals surface area (Å²) in [7, 11) is -3.60. The normalized spacial score (nSPS) is 21.9. The van der Waals surface area contributed by atoms with E-state index in [-0.39, 0.29) is 16.0 Å². The summed E-state index contributed by atoms with van der Waals surface area (Å²) >= 11 is 18.7. The Balaban J connectivity index is 1.98. The van der Waals surface area contributed by atoms with Crippen LogP contribution in [-0.4, -0.2) is 26.6 Å². The molecule has 36 heavy (non-hydrogen) atoms. The molecule has 1 N–H and O–H groups in total. The third-order valence-corrected chi connectivity index (χ3v) is 8.62. The first-order valence-electron chi connectivity index (χ1n) is 11.4. The van der Waals surface area contributed by atoms with Crippen LogP contribution >= 0.6 is 34.8 Å². The molecule has 5 nitrogen and oxygen atoms in total. The lowest BCUT2D eigenvalue weighted by Crippen LogP contribution is -2.50. The summed E-state index contributed by atoms with van der Waals surface area (Å²) in [6.45, 7) is 7.86. The molecule has 1 heterocycles. The van der Waals surface area contributed by atoms with Crippen molar-refractivity contribution < 1.29 is 13.2 Å².